The van der Waals surface area contributed by atoms with Crippen LogP contribution in [0.15, 0.2) is 36.5 Å². The predicted octanol–water partition coefficient (Wildman–Crippen LogP) is 23.1. The molecule has 0 aliphatic rings. The van der Waals surface area contributed by atoms with Gasteiger partial charge in [0.25, 0.3) is 6.29 Å². The molecule has 85 heavy (non-hydrogen) atoms. The van der Waals surface area contributed by atoms with Gasteiger partial charge in [0.1, 0.15) is 13.2 Å². The minimum absolute atomic E-state index is 0.179. The van der Waals surface area contributed by atoms with E-state index in [-0.39, 0.29) is 32.2 Å². The topological polar surface area (TPSA) is 108 Å². The lowest BCUT2D eigenvalue weighted by molar-refractivity contribution is -0.870. The van der Waals surface area contributed by atoms with Crippen LogP contribution in [0.5, 0.6) is 0 Å². The Morgan fingerprint density at radius 1 is 0.353 bits per heavy atom. The molecule has 0 saturated carbocycles. The van der Waals surface area contributed by atoms with Gasteiger partial charge in [-0.15, -0.1) is 0 Å². The standard InChI is InChI=1S/C76H143NO8/c1-6-8-10-12-14-16-18-20-22-24-26-28-30-32-33-34-35-36-37-38-39-40-41-43-44-46-48-50-52-54-56-58-60-62-64-66-73(78)83-70-72(71-84-76(75(80)81)82-69-68-77(3,4)5)85-74(79)67-65-63-61-59-57-55-53-51-49-47-45-42-31-29-27-25-23-21-19-17-15-13-11-9-7-2/h19,21,25,27,31,42,72,76H,6-18,20,22-24,26,28-30,32-41,43-71H2,1-5H3/p+1/b21-19-,27-25-,42-31-. The Morgan fingerprint density at radius 3 is 0.941 bits per heavy atom. The highest BCUT2D eigenvalue weighted by Crippen LogP contribution is 2.19. The number of carboxylic acid groups (broad SMARTS) is 1. The van der Waals surface area contributed by atoms with Crippen LogP contribution in [0.4, 0.5) is 0 Å². The van der Waals surface area contributed by atoms with Crippen LogP contribution in [0.2, 0.25) is 0 Å². The molecule has 2 atom stereocenters. The van der Waals surface area contributed by atoms with E-state index >= 15 is 0 Å². The largest absolute Gasteiger partial charge is 0.477 e. The van der Waals surface area contributed by atoms with Gasteiger partial charge in [0, 0.05) is 12.8 Å². The van der Waals surface area contributed by atoms with Gasteiger partial charge in [0.2, 0.25) is 0 Å². The maximum Gasteiger partial charge on any atom is 0.361 e. The molecule has 0 saturated heterocycles. The summed E-state index contributed by atoms with van der Waals surface area (Å²) in [7, 11) is 5.99. The number of nitrogens with zero attached hydrogens (tertiary/aromatic N) is 1. The Morgan fingerprint density at radius 2 is 0.635 bits per heavy atom. The molecule has 0 aromatic rings. The number of unbranched alkanes of at least 4 members (excludes halogenated alkanes) is 49. The molecule has 0 aromatic heterocycles. The number of carbonyl (C=O) groups excluding carboxylic acids is 2. The zero-order valence-corrected chi connectivity index (χ0v) is 57.3. The summed E-state index contributed by atoms with van der Waals surface area (Å²) in [6, 6.07) is 0. The second-order valence-electron chi connectivity index (χ2n) is 26.6. The number of ether oxygens (including phenoxy) is 4. The SMILES string of the molecule is CCCCCCC/C=C\C/C=C\C/C=C\CCCCCCCCCCCCC(=O)OC(COC(=O)CCCCCCCCCCCCCCCCCCCCCCCCCCCCCCCCCCCCC)COC(OCC[N+](C)(C)C)C(=O)O. The number of aliphatic carboxylic acids is 1. The molecule has 1 N–H and O–H groups in total. The molecule has 0 bridgehead atoms. The molecule has 0 spiro atoms. The maximum absolute atomic E-state index is 12.9. The third kappa shape index (κ3) is 68.9. The lowest BCUT2D eigenvalue weighted by Gasteiger charge is -2.25. The summed E-state index contributed by atoms with van der Waals surface area (Å²) in [4.78, 5) is 37.6. The van der Waals surface area contributed by atoms with Crippen molar-refractivity contribution < 1.29 is 42.9 Å². The van der Waals surface area contributed by atoms with Crippen molar-refractivity contribution in [2.24, 2.45) is 0 Å². The molecular weight excluding hydrogens is 1050 g/mol. The molecule has 0 fully saturated rings. The first-order chi connectivity index (χ1) is 41.6. The number of rotatable bonds is 70. The van der Waals surface area contributed by atoms with Crippen molar-refractivity contribution in [3.05, 3.63) is 36.5 Å². The summed E-state index contributed by atoms with van der Waals surface area (Å²) < 4.78 is 23.0. The summed E-state index contributed by atoms with van der Waals surface area (Å²) in [5, 5.41) is 9.75. The highest BCUT2D eigenvalue weighted by Gasteiger charge is 2.25. The first-order valence-electron chi connectivity index (χ1n) is 37.2. The van der Waals surface area contributed by atoms with Crippen molar-refractivity contribution in [3.63, 3.8) is 0 Å². The average molecular weight is 1200 g/mol. The van der Waals surface area contributed by atoms with Crippen LogP contribution < -0.4 is 0 Å². The van der Waals surface area contributed by atoms with Crippen LogP contribution in [-0.4, -0.2) is 87.4 Å². The Labute approximate surface area is 528 Å². The zero-order valence-electron chi connectivity index (χ0n) is 57.3. The van der Waals surface area contributed by atoms with Crippen molar-refractivity contribution >= 4 is 17.9 Å². The molecule has 0 aliphatic heterocycles. The van der Waals surface area contributed by atoms with Crippen LogP contribution in [0.3, 0.4) is 0 Å². The van der Waals surface area contributed by atoms with E-state index in [1.54, 1.807) is 0 Å². The molecule has 0 heterocycles. The van der Waals surface area contributed by atoms with Gasteiger partial charge in [-0.2, -0.15) is 0 Å². The fourth-order valence-electron chi connectivity index (χ4n) is 11.2. The summed E-state index contributed by atoms with van der Waals surface area (Å²) in [5.74, 6) is -1.98. The minimum atomic E-state index is -1.51. The first-order valence-corrected chi connectivity index (χ1v) is 37.2. The number of quaternary nitrogens is 1. The maximum atomic E-state index is 12.9. The lowest BCUT2D eigenvalue weighted by Crippen LogP contribution is -2.40. The number of carbonyl (C=O) groups is 3. The van der Waals surface area contributed by atoms with E-state index in [2.05, 4.69) is 50.3 Å². The number of likely N-dealkylation sites (N-methyl/N-ethyl adjacent to an activating group) is 1. The fraction of sp³-hybridized carbons (Fsp3) is 0.882. The normalized spacial score (nSPS) is 12.8. The quantitative estimate of drug-likeness (QED) is 0.0211. The molecule has 0 aromatic carbocycles. The average Bonchev–Trinajstić information content (AvgIpc) is 3.49. The molecule has 500 valence electrons. The van der Waals surface area contributed by atoms with Crippen LogP contribution in [0.25, 0.3) is 0 Å². The fourth-order valence-corrected chi connectivity index (χ4v) is 11.2. The van der Waals surface area contributed by atoms with Gasteiger partial charge in [-0.3, -0.25) is 9.59 Å². The van der Waals surface area contributed by atoms with E-state index in [0.717, 1.165) is 57.8 Å². The van der Waals surface area contributed by atoms with Gasteiger partial charge >= 0.3 is 17.9 Å². The van der Waals surface area contributed by atoms with Crippen molar-refractivity contribution in [1.29, 1.82) is 0 Å². The Hall–Kier alpha value is -2.49. The Balaban J connectivity index is 4.01. The van der Waals surface area contributed by atoms with Crippen LogP contribution in [-0.2, 0) is 33.3 Å². The molecule has 9 heteroatoms. The van der Waals surface area contributed by atoms with Gasteiger partial charge < -0.3 is 28.5 Å². The minimum Gasteiger partial charge on any atom is -0.477 e. The van der Waals surface area contributed by atoms with E-state index in [9.17, 15) is 19.5 Å². The number of allylic oxidation sites excluding steroid dienone is 6. The molecule has 0 radical (unpaired) electrons. The van der Waals surface area contributed by atoms with Gasteiger partial charge in [-0.1, -0.05) is 346 Å². The van der Waals surface area contributed by atoms with Crippen molar-refractivity contribution in [3.8, 4) is 0 Å². The Kier molecular flexibility index (Phi) is 65.5. The number of carboxylic acids is 1. The predicted molar refractivity (Wildman–Crippen MR) is 364 cm³/mol. The molecule has 0 amide bonds. The molecule has 2 unspecified atom stereocenters. The summed E-state index contributed by atoms with van der Waals surface area (Å²) in [6.45, 7) is 4.93. The van der Waals surface area contributed by atoms with E-state index in [0.29, 0.717) is 17.4 Å². The van der Waals surface area contributed by atoms with Gasteiger partial charge in [0.15, 0.2) is 6.10 Å². The highest BCUT2D eigenvalue weighted by molar-refractivity contribution is 5.71. The smallest absolute Gasteiger partial charge is 0.361 e. The van der Waals surface area contributed by atoms with Crippen LogP contribution in [0.1, 0.15) is 373 Å². The van der Waals surface area contributed by atoms with Gasteiger partial charge in [0.05, 0.1) is 34.4 Å². The second-order valence-corrected chi connectivity index (χ2v) is 26.6. The van der Waals surface area contributed by atoms with E-state index < -0.39 is 24.3 Å². The lowest BCUT2D eigenvalue weighted by atomic mass is 10.0. The van der Waals surface area contributed by atoms with Crippen LogP contribution in [0, 0.1) is 0 Å². The van der Waals surface area contributed by atoms with Crippen molar-refractivity contribution in [1.82, 2.24) is 0 Å². The van der Waals surface area contributed by atoms with E-state index in [1.807, 2.05) is 21.1 Å². The van der Waals surface area contributed by atoms with E-state index in [4.69, 9.17) is 18.9 Å². The molecule has 0 aliphatic carbocycles. The summed E-state index contributed by atoms with van der Waals surface area (Å²) in [6.07, 6.45) is 82.8. The van der Waals surface area contributed by atoms with Gasteiger partial charge in [-0.25, -0.2) is 4.79 Å². The second kappa shape index (κ2) is 67.4. The third-order valence-corrected chi connectivity index (χ3v) is 16.9. The zero-order chi connectivity index (χ0) is 61.9. The summed E-state index contributed by atoms with van der Waals surface area (Å²) in [5.41, 5.74) is 0. The van der Waals surface area contributed by atoms with E-state index in [1.165, 1.54) is 289 Å². The Bertz CT molecular complexity index is 1490. The monoisotopic (exact) mass is 1200 g/mol. The summed E-state index contributed by atoms with van der Waals surface area (Å²) >= 11 is 0. The molecule has 9 nitrogen and oxygen atoms in total. The van der Waals surface area contributed by atoms with Crippen molar-refractivity contribution in [2.75, 3.05) is 47.5 Å². The van der Waals surface area contributed by atoms with Crippen molar-refractivity contribution in [2.45, 2.75) is 386 Å². The molecular formula is C76H144NO8+. The van der Waals surface area contributed by atoms with Gasteiger partial charge in [-0.05, 0) is 51.4 Å². The highest BCUT2D eigenvalue weighted by atomic mass is 16.7. The first kappa shape index (κ1) is 82.5. The van der Waals surface area contributed by atoms with Crippen LogP contribution >= 0.6 is 0 Å². The number of hydrogen-bond acceptors (Lipinski definition) is 7. The number of esters is 2. The number of hydrogen-bond donors (Lipinski definition) is 1. The molecule has 0 rings (SSSR count). The third-order valence-electron chi connectivity index (χ3n) is 16.9.